The van der Waals surface area contributed by atoms with Crippen molar-refractivity contribution in [1.29, 1.82) is 0 Å². The summed E-state index contributed by atoms with van der Waals surface area (Å²) in [7, 11) is 1.92. The number of thioether (sulfide) groups is 1. The molecule has 1 aliphatic heterocycles. The van der Waals surface area contributed by atoms with Gasteiger partial charge in [0, 0.05) is 25.0 Å². The van der Waals surface area contributed by atoms with Crippen LogP contribution in [-0.4, -0.2) is 70.2 Å². The highest BCUT2D eigenvalue weighted by atomic mass is 32.2. The number of nitrogens with zero attached hydrogens (tertiary/aromatic N) is 4. The van der Waals surface area contributed by atoms with Gasteiger partial charge in [-0.15, -0.1) is 21.5 Å². The number of rotatable bonds is 8. The number of aromatic nitrogens is 3. The molecule has 11 heteroatoms. The lowest BCUT2D eigenvalue weighted by molar-refractivity contribution is -0.113. The summed E-state index contributed by atoms with van der Waals surface area (Å²) in [5.41, 5.74) is 1.58. The van der Waals surface area contributed by atoms with Crippen molar-refractivity contribution in [3.8, 4) is 0 Å². The van der Waals surface area contributed by atoms with Crippen molar-refractivity contribution >= 4 is 40.0 Å². The molecule has 1 saturated heterocycles. The molecule has 0 atom stereocenters. The Morgan fingerprint density at radius 1 is 1.22 bits per heavy atom. The molecule has 1 N–H and O–H groups in total. The zero-order valence-corrected chi connectivity index (χ0v) is 20.1. The summed E-state index contributed by atoms with van der Waals surface area (Å²) >= 11 is 2.84. The third-order valence-electron chi connectivity index (χ3n) is 5.63. The van der Waals surface area contributed by atoms with E-state index in [0.29, 0.717) is 28.9 Å². The number of carbonyl (C=O) groups excluding carboxylic acids is 2. The van der Waals surface area contributed by atoms with Crippen LogP contribution in [0, 0.1) is 0 Å². The summed E-state index contributed by atoms with van der Waals surface area (Å²) < 4.78 is 12.6. The number of morpholine rings is 1. The Kier molecular flexibility index (Phi) is 7.82. The second kappa shape index (κ2) is 10.8. The smallest absolute Gasteiger partial charge is 0.341 e. The minimum atomic E-state index is -0.351. The van der Waals surface area contributed by atoms with Crippen molar-refractivity contribution < 1.29 is 19.1 Å². The minimum absolute atomic E-state index is 0.170. The van der Waals surface area contributed by atoms with Crippen LogP contribution in [0.4, 0.5) is 5.00 Å². The molecule has 0 spiro atoms. The monoisotopic (exact) mass is 479 g/mol. The maximum absolute atomic E-state index is 12.7. The average molecular weight is 480 g/mol. The lowest BCUT2D eigenvalue weighted by atomic mass is 9.95. The number of ether oxygens (including phenoxy) is 2. The van der Waals surface area contributed by atoms with Crippen LogP contribution in [0.1, 0.15) is 46.4 Å². The van der Waals surface area contributed by atoms with Crippen molar-refractivity contribution in [2.75, 3.05) is 44.0 Å². The molecular formula is C21H29N5O4S2. The molecule has 1 aliphatic carbocycles. The molecule has 1 fully saturated rings. The Hall–Kier alpha value is -1.95. The first kappa shape index (κ1) is 23.2. The normalized spacial score (nSPS) is 16.6. The van der Waals surface area contributed by atoms with Gasteiger partial charge in [0.25, 0.3) is 0 Å². The predicted molar refractivity (Wildman–Crippen MR) is 123 cm³/mol. The van der Waals surface area contributed by atoms with Crippen LogP contribution in [0.25, 0.3) is 0 Å². The first-order chi connectivity index (χ1) is 15.6. The number of fused-ring (bicyclic) bond motifs is 1. The molecular weight excluding hydrogens is 450 g/mol. The summed E-state index contributed by atoms with van der Waals surface area (Å²) in [6.07, 6.45) is 3.97. The van der Waals surface area contributed by atoms with E-state index in [0.717, 1.165) is 63.4 Å². The highest BCUT2D eigenvalue weighted by Gasteiger charge is 2.27. The largest absolute Gasteiger partial charge is 0.462 e. The number of nitrogens with one attached hydrogen (secondary N) is 1. The number of thiophene rings is 1. The molecule has 0 unspecified atom stereocenters. The molecule has 3 heterocycles. The van der Waals surface area contributed by atoms with E-state index in [9.17, 15) is 9.59 Å². The number of hydrogen-bond acceptors (Lipinski definition) is 9. The highest BCUT2D eigenvalue weighted by molar-refractivity contribution is 7.99. The lowest BCUT2D eigenvalue weighted by Gasteiger charge is -2.25. The van der Waals surface area contributed by atoms with Crippen molar-refractivity contribution in [3.63, 3.8) is 0 Å². The number of esters is 1. The van der Waals surface area contributed by atoms with Gasteiger partial charge < -0.3 is 19.4 Å². The fourth-order valence-corrected chi connectivity index (χ4v) is 5.96. The third kappa shape index (κ3) is 5.33. The van der Waals surface area contributed by atoms with E-state index in [1.165, 1.54) is 28.0 Å². The molecule has 2 aromatic rings. The van der Waals surface area contributed by atoms with E-state index in [-0.39, 0.29) is 17.6 Å². The van der Waals surface area contributed by atoms with Gasteiger partial charge in [-0.05, 0) is 38.2 Å². The Labute approximate surface area is 195 Å². The Morgan fingerprint density at radius 3 is 2.78 bits per heavy atom. The predicted octanol–water partition coefficient (Wildman–Crippen LogP) is 2.50. The SMILES string of the molecule is CCOC(=O)c1c(NC(=O)CSc2nnc(CN3CCOCC3)n2C)sc2c1CCCC2. The fraction of sp³-hybridized carbons (Fsp3) is 0.619. The number of aryl methyl sites for hydroxylation is 1. The highest BCUT2D eigenvalue weighted by Crippen LogP contribution is 2.38. The van der Waals surface area contributed by atoms with Crippen LogP contribution in [0.15, 0.2) is 5.16 Å². The molecule has 0 aromatic carbocycles. The van der Waals surface area contributed by atoms with Crippen LogP contribution < -0.4 is 5.32 Å². The molecule has 174 valence electrons. The molecule has 9 nitrogen and oxygen atoms in total. The van der Waals surface area contributed by atoms with Gasteiger partial charge in [-0.25, -0.2) is 4.79 Å². The number of amides is 1. The Balaban J connectivity index is 1.38. The summed E-state index contributed by atoms with van der Waals surface area (Å²) in [6.45, 7) is 6.05. The minimum Gasteiger partial charge on any atom is -0.462 e. The standard InChI is InChI=1S/C21H29N5O4S2/c1-3-30-20(28)18-14-6-4-5-7-15(14)32-19(18)22-17(27)13-31-21-24-23-16(25(21)2)12-26-8-10-29-11-9-26/h3-13H2,1-2H3,(H,22,27). The topological polar surface area (TPSA) is 98.6 Å². The van der Waals surface area contributed by atoms with E-state index >= 15 is 0 Å². The summed E-state index contributed by atoms with van der Waals surface area (Å²) in [6, 6.07) is 0. The molecule has 32 heavy (non-hydrogen) atoms. The number of hydrogen-bond donors (Lipinski definition) is 1. The first-order valence-corrected chi connectivity index (χ1v) is 12.8. The lowest BCUT2D eigenvalue weighted by Crippen LogP contribution is -2.36. The van der Waals surface area contributed by atoms with Gasteiger partial charge in [0.05, 0.1) is 37.7 Å². The van der Waals surface area contributed by atoms with Crippen molar-refractivity contribution in [2.45, 2.75) is 44.3 Å². The Morgan fingerprint density at radius 2 is 2.00 bits per heavy atom. The summed E-state index contributed by atoms with van der Waals surface area (Å²) in [5.74, 6) is 0.534. The van der Waals surface area contributed by atoms with Gasteiger partial charge in [-0.1, -0.05) is 11.8 Å². The maximum Gasteiger partial charge on any atom is 0.341 e. The maximum atomic E-state index is 12.7. The second-order valence-corrected chi connectivity index (χ2v) is 9.87. The van der Waals surface area contributed by atoms with Crippen LogP contribution in [-0.2, 0) is 40.7 Å². The van der Waals surface area contributed by atoms with Gasteiger partial charge >= 0.3 is 5.97 Å². The summed E-state index contributed by atoms with van der Waals surface area (Å²) in [4.78, 5) is 28.7. The third-order valence-corrected chi connectivity index (χ3v) is 7.86. The van der Waals surface area contributed by atoms with Gasteiger partial charge in [0.1, 0.15) is 10.8 Å². The van der Waals surface area contributed by atoms with E-state index in [1.807, 2.05) is 11.6 Å². The molecule has 2 aromatic heterocycles. The van der Waals surface area contributed by atoms with E-state index in [4.69, 9.17) is 9.47 Å². The average Bonchev–Trinajstić information content (AvgIpc) is 3.33. The van der Waals surface area contributed by atoms with Crippen molar-refractivity contribution in [1.82, 2.24) is 19.7 Å². The summed E-state index contributed by atoms with van der Waals surface area (Å²) in [5, 5.41) is 12.8. The van der Waals surface area contributed by atoms with Crippen LogP contribution in [0.2, 0.25) is 0 Å². The van der Waals surface area contributed by atoms with Gasteiger partial charge in [0.2, 0.25) is 5.91 Å². The van der Waals surface area contributed by atoms with E-state index in [1.54, 1.807) is 6.92 Å². The number of anilines is 1. The Bertz CT molecular complexity index is 968. The van der Waals surface area contributed by atoms with Gasteiger partial charge in [-0.2, -0.15) is 0 Å². The molecule has 2 aliphatic rings. The van der Waals surface area contributed by atoms with Crippen LogP contribution in [0.5, 0.6) is 0 Å². The van der Waals surface area contributed by atoms with E-state index < -0.39 is 0 Å². The molecule has 0 bridgehead atoms. The first-order valence-electron chi connectivity index (χ1n) is 11.0. The number of carbonyl (C=O) groups is 2. The molecule has 0 saturated carbocycles. The van der Waals surface area contributed by atoms with Crippen LogP contribution >= 0.6 is 23.1 Å². The second-order valence-electron chi connectivity index (χ2n) is 7.82. The van der Waals surface area contributed by atoms with Gasteiger partial charge in [0.15, 0.2) is 5.16 Å². The quantitative estimate of drug-likeness (QED) is 0.456. The van der Waals surface area contributed by atoms with Crippen molar-refractivity contribution in [2.24, 2.45) is 7.05 Å². The zero-order chi connectivity index (χ0) is 22.5. The van der Waals surface area contributed by atoms with Gasteiger partial charge in [-0.3, -0.25) is 9.69 Å². The van der Waals surface area contributed by atoms with E-state index in [2.05, 4.69) is 20.4 Å². The zero-order valence-electron chi connectivity index (χ0n) is 18.5. The molecule has 1 amide bonds. The fourth-order valence-electron chi connectivity index (χ4n) is 3.93. The molecule has 4 rings (SSSR count). The van der Waals surface area contributed by atoms with Crippen LogP contribution in [0.3, 0.4) is 0 Å². The van der Waals surface area contributed by atoms with Crippen molar-refractivity contribution in [3.05, 3.63) is 21.8 Å². The molecule has 0 radical (unpaired) electrons.